The van der Waals surface area contributed by atoms with Crippen LogP contribution in [0.3, 0.4) is 0 Å². The van der Waals surface area contributed by atoms with E-state index in [1.807, 2.05) is 6.92 Å². The zero-order valence-electron chi connectivity index (χ0n) is 13.9. The summed E-state index contributed by atoms with van der Waals surface area (Å²) in [7, 11) is -3.73. The lowest BCUT2D eigenvalue weighted by molar-refractivity contribution is 0.0647. The molecule has 0 saturated heterocycles. The number of rotatable bonds is 6. The summed E-state index contributed by atoms with van der Waals surface area (Å²) in [4.78, 5) is 8.54. The van der Waals surface area contributed by atoms with Crippen LogP contribution in [0, 0.1) is 4.78 Å². The Balaban J connectivity index is 2.19. The van der Waals surface area contributed by atoms with E-state index in [4.69, 9.17) is 4.78 Å². The molecule has 25 heavy (non-hydrogen) atoms. The first-order valence-corrected chi connectivity index (χ1v) is 9.67. The van der Waals surface area contributed by atoms with Gasteiger partial charge in [-0.15, -0.1) is 0 Å². The normalized spacial score (nSPS) is 15.3. The van der Waals surface area contributed by atoms with Crippen molar-refractivity contribution in [1.29, 1.82) is 4.78 Å². The van der Waals surface area contributed by atoms with E-state index >= 15 is 0 Å². The van der Waals surface area contributed by atoms with Gasteiger partial charge in [0.2, 0.25) is 5.95 Å². The predicted octanol–water partition coefficient (Wildman–Crippen LogP) is 3.43. The monoisotopic (exact) mass is 429 g/mol. The molecule has 10 heteroatoms. The maximum atomic E-state index is 11.3. The SMILES string of the molecule is C[C@@H](Nc1nc(Nc2ccc([S@](=N)(=O)O)cc2)ncc1Br)C(C)(C)O. The van der Waals surface area contributed by atoms with E-state index in [0.29, 0.717) is 21.9 Å². The van der Waals surface area contributed by atoms with Crippen molar-refractivity contribution in [2.24, 2.45) is 0 Å². The molecule has 0 unspecified atom stereocenters. The first-order chi connectivity index (χ1) is 11.5. The minimum atomic E-state index is -3.73. The molecule has 136 valence electrons. The molecule has 1 aromatic carbocycles. The molecular formula is C15H20BrN5O3S. The fraction of sp³-hybridized carbons (Fsp3) is 0.333. The highest BCUT2D eigenvalue weighted by Gasteiger charge is 2.23. The maximum Gasteiger partial charge on any atom is 0.229 e. The molecule has 0 bridgehead atoms. The Kier molecular flexibility index (Phi) is 5.67. The van der Waals surface area contributed by atoms with Crippen LogP contribution < -0.4 is 10.6 Å². The van der Waals surface area contributed by atoms with E-state index in [0.717, 1.165) is 0 Å². The van der Waals surface area contributed by atoms with Crippen molar-refractivity contribution in [3.05, 3.63) is 34.9 Å². The molecule has 0 aliphatic carbocycles. The van der Waals surface area contributed by atoms with Crippen LogP contribution >= 0.6 is 15.9 Å². The number of halogens is 1. The van der Waals surface area contributed by atoms with Crippen LogP contribution in [0.2, 0.25) is 0 Å². The van der Waals surface area contributed by atoms with Gasteiger partial charge in [0.05, 0.1) is 21.0 Å². The molecule has 0 aliphatic rings. The smallest absolute Gasteiger partial charge is 0.229 e. The van der Waals surface area contributed by atoms with E-state index in [2.05, 4.69) is 36.5 Å². The number of hydrogen-bond acceptors (Lipinski definition) is 7. The standard InChI is InChI=1S/C15H20BrN5O3S/c1-9(15(2,3)22)19-13-12(16)8-18-14(21-13)20-10-4-6-11(7-5-10)25(17,23)24/h4-9,22H,1-3H3,(H2,17,23,24)(H2,18,19,20,21)/t9-/m1/s1. The minimum absolute atomic E-state index is 0.0242. The van der Waals surface area contributed by atoms with Gasteiger partial charge < -0.3 is 15.7 Å². The van der Waals surface area contributed by atoms with Crippen LogP contribution in [0.15, 0.2) is 39.8 Å². The second kappa shape index (κ2) is 7.24. The molecular weight excluding hydrogens is 410 g/mol. The average molecular weight is 430 g/mol. The van der Waals surface area contributed by atoms with Crippen molar-refractivity contribution in [3.8, 4) is 0 Å². The van der Waals surface area contributed by atoms with Gasteiger partial charge in [0.25, 0.3) is 0 Å². The number of aliphatic hydroxyl groups is 1. The van der Waals surface area contributed by atoms with E-state index < -0.39 is 15.6 Å². The number of benzene rings is 1. The lowest BCUT2D eigenvalue weighted by Crippen LogP contribution is -2.39. The van der Waals surface area contributed by atoms with Crippen LogP contribution in [0.4, 0.5) is 17.5 Å². The summed E-state index contributed by atoms with van der Waals surface area (Å²) < 4.78 is 28.3. The molecule has 2 atom stereocenters. The van der Waals surface area contributed by atoms with Gasteiger partial charge in [-0.05, 0) is 61.0 Å². The summed E-state index contributed by atoms with van der Waals surface area (Å²) in [6.07, 6.45) is 1.58. The number of anilines is 3. The summed E-state index contributed by atoms with van der Waals surface area (Å²) in [6, 6.07) is 5.67. The third-order valence-corrected chi connectivity index (χ3v) is 5.08. The van der Waals surface area contributed by atoms with E-state index in [-0.39, 0.29) is 10.9 Å². The van der Waals surface area contributed by atoms with Crippen molar-refractivity contribution in [1.82, 2.24) is 9.97 Å². The highest BCUT2D eigenvalue weighted by molar-refractivity contribution is 9.10. The van der Waals surface area contributed by atoms with E-state index in [9.17, 15) is 13.9 Å². The minimum Gasteiger partial charge on any atom is -0.388 e. The Morgan fingerprint density at radius 3 is 2.44 bits per heavy atom. The van der Waals surface area contributed by atoms with Gasteiger partial charge in [-0.25, -0.2) is 14.0 Å². The molecule has 0 amide bonds. The molecule has 0 spiro atoms. The summed E-state index contributed by atoms with van der Waals surface area (Å²) in [5.41, 5.74) is -0.321. The zero-order chi connectivity index (χ0) is 18.8. The lowest BCUT2D eigenvalue weighted by Gasteiger charge is -2.27. The van der Waals surface area contributed by atoms with Gasteiger partial charge in [0.15, 0.2) is 10.0 Å². The Morgan fingerprint density at radius 2 is 1.92 bits per heavy atom. The van der Waals surface area contributed by atoms with Crippen LogP contribution in [-0.4, -0.2) is 35.5 Å². The second-order valence-electron chi connectivity index (χ2n) is 6.09. The van der Waals surface area contributed by atoms with Crippen LogP contribution in [-0.2, 0) is 10.0 Å². The van der Waals surface area contributed by atoms with Crippen LogP contribution in [0.1, 0.15) is 20.8 Å². The van der Waals surface area contributed by atoms with Gasteiger partial charge in [-0.2, -0.15) is 4.98 Å². The third-order valence-electron chi connectivity index (χ3n) is 3.59. The van der Waals surface area contributed by atoms with E-state index in [1.165, 1.54) is 12.1 Å². The zero-order valence-corrected chi connectivity index (χ0v) is 16.3. The molecule has 0 aliphatic heterocycles. The molecule has 0 radical (unpaired) electrons. The first kappa shape index (κ1) is 19.6. The fourth-order valence-electron chi connectivity index (χ4n) is 1.76. The first-order valence-electron chi connectivity index (χ1n) is 7.36. The van der Waals surface area contributed by atoms with Crippen molar-refractivity contribution in [3.63, 3.8) is 0 Å². The summed E-state index contributed by atoms with van der Waals surface area (Å²) >= 11 is 3.36. The van der Waals surface area contributed by atoms with Gasteiger partial charge >= 0.3 is 0 Å². The Bertz CT molecular complexity index is 850. The van der Waals surface area contributed by atoms with Gasteiger partial charge in [-0.1, -0.05) is 0 Å². The quantitative estimate of drug-likeness (QED) is 0.475. The van der Waals surface area contributed by atoms with Gasteiger partial charge in [0, 0.05) is 11.9 Å². The summed E-state index contributed by atoms with van der Waals surface area (Å²) in [5.74, 6) is 0.838. The topological polar surface area (TPSA) is 131 Å². The molecule has 2 rings (SSSR count). The van der Waals surface area contributed by atoms with Crippen molar-refractivity contribution in [2.45, 2.75) is 37.3 Å². The Labute approximate surface area is 155 Å². The highest BCUT2D eigenvalue weighted by Crippen LogP contribution is 2.25. The number of aromatic nitrogens is 2. The average Bonchev–Trinajstić information content (AvgIpc) is 2.49. The predicted molar refractivity (Wildman–Crippen MR) is 101 cm³/mol. The van der Waals surface area contributed by atoms with Crippen LogP contribution in [0.25, 0.3) is 0 Å². The lowest BCUT2D eigenvalue weighted by atomic mass is 10.0. The Morgan fingerprint density at radius 1 is 1.32 bits per heavy atom. The molecule has 8 nitrogen and oxygen atoms in total. The summed E-state index contributed by atoms with van der Waals surface area (Å²) in [5, 5.41) is 16.1. The second-order valence-corrected chi connectivity index (χ2v) is 8.46. The van der Waals surface area contributed by atoms with Gasteiger partial charge in [0.1, 0.15) is 5.82 Å². The molecule has 0 fully saturated rings. The Hall–Kier alpha value is -1.75. The molecule has 1 aromatic heterocycles. The van der Waals surface area contributed by atoms with Crippen molar-refractivity contribution >= 4 is 43.4 Å². The van der Waals surface area contributed by atoms with Gasteiger partial charge in [-0.3, -0.25) is 4.55 Å². The summed E-state index contributed by atoms with van der Waals surface area (Å²) in [6.45, 7) is 5.24. The fourth-order valence-corrected chi connectivity index (χ4v) is 2.57. The number of nitrogens with one attached hydrogen (secondary N) is 3. The molecule has 5 N–H and O–H groups in total. The number of nitrogens with zero attached hydrogens (tertiary/aromatic N) is 2. The highest BCUT2D eigenvalue weighted by atomic mass is 79.9. The maximum absolute atomic E-state index is 11.3. The molecule has 0 saturated carbocycles. The van der Waals surface area contributed by atoms with Crippen molar-refractivity contribution < 1.29 is 13.9 Å². The third kappa shape index (κ3) is 5.36. The molecule has 1 heterocycles. The molecule has 2 aromatic rings. The largest absolute Gasteiger partial charge is 0.388 e. The van der Waals surface area contributed by atoms with E-state index in [1.54, 1.807) is 32.2 Å². The van der Waals surface area contributed by atoms with Crippen LogP contribution in [0.5, 0.6) is 0 Å². The van der Waals surface area contributed by atoms with Crippen molar-refractivity contribution in [2.75, 3.05) is 10.6 Å². The number of hydrogen-bond donors (Lipinski definition) is 5.